The van der Waals surface area contributed by atoms with Crippen LogP contribution in [0.1, 0.15) is 16.8 Å². The molecule has 3 nitrogen and oxygen atoms in total. The number of aliphatic hydroxyl groups is 1. The first-order valence-corrected chi connectivity index (χ1v) is 5.45. The molecule has 0 amide bonds. The van der Waals surface area contributed by atoms with E-state index < -0.39 is 0 Å². The summed E-state index contributed by atoms with van der Waals surface area (Å²) in [5.41, 5.74) is 2.94. The van der Waals surface area contributed by atoms with Crippen LogP contribution in [-0.4, -0.2) is 14.9 Å². The lowest BCUT2D eigenvalue weighted by molar-refractivity contribution is 0.282. The minimum absolute atomic E-state index is 0.0279. The van der Waals surface area contributed by atoms with Gasteiger partial charge in [-0.15, -0.1) is 0 Å². The van der Waals surface area contributed by atoms with E-state index in [1.54, 1.807) is 6.20 Å². The third kappa shape index (κ3) is 2.26. The summed E-state index contributed by atoms with van der Waals surface area (Å²) in [6.45, 7) is 2.68. The fourth-order valence-corrected chi connectivity index (χ4v) is 1.82. The predicted molar refractivity (Wildman–Crippen MR) is 63.4 cm³/mol. The lowest BCUT2D eigenvalue weighted by Crippen LogP contribution is -2.03. The summed E-state index contributed by atoms with van der Waals surface area (Å²) in [6.07, 6.45) is 1.78. The zero-order valence-corrected chi connectivity index (χ0v) is 9.78. The van der Waals surface area contributed by atoms with E-state index in [9.17, 15) is 0 Å². The summed E-state index contributed by atoms with van der Waals surface area (Å²) < 4.78 is 1.91. The molecule has 0 bridgehead atoms. The molecule has 2 aromatic rings. The number of nitrogens with zero attached hydrogens (tertiary/aromatic N) is 2. The average Bonchev–Trinajstić information content (AvgIpc) is 2.65. The number of aryl methyl sites for hydroxylation is 1. The van der Waals surface area contributed by atoms with Crippen molar-refractivity contribution in [3.63, 3.8) is 0 Å². The second-order valence-electron chi connectivity index (χ2n) is 3.71. The zero-order valence-electron chi connectivity index (χ0n) is 9.02. The maximum atomic E-state index is 9.01. The highest BCUT2D eigenvalue weighted by atomic mass is 35.5. The van der Waals surface area contributed by atoms with E-state index in [2.05, 4.69) is 5.10 Å². The van der Waals surface area contributed by atoms with E-state index in [1.807, 2.05) is 35.9 Å². The van der Waals surface area contributed by atoms with Crippen LogP contribution in [0, 0.1) is 6.92 Å². The molecule has 1 N–H and O–H groups in total. The molecule has 0 fully saturated rings. The number of hydrogen-bond donors (Lipinski definition) is 1. The van der Waals surface area contributed by atoms with Crippen molar-refractivity contribution in [1.82, 2.24) is 9.78 Å². The van der Waals surface area contributed by atoms with Crippen LogP contribution < -0.4 is 0 Å². The van der Waals surface area contributed by atoms with Gasteiger partial charge >= 0.3 is 0 Å². The molecule has 0 saturated heterocycles. The van der Waals surface area contributed by atoms with E-state index in [0.717, 1.165) is 16.8 Å². The Morgan fingerprint density at radius 1 is 1.38 bits per heavy atom. The second kappa shape index (κ2) is 4.68. The van der Waals surface area contributed by atoms with Crippen molar-refractivity contribution in [3.8, 4) is 0 Å². The van der Waals surface area contributed by atoms with Gasteiger partial charge in [0.1, 0.15) is 0 Å². The number of aromatic nitrogens is 2. The lowest BCUT2D eigenvalue weighted by atomic mass is 10.1. The van der Waals surface area contributed by atoms with Crippen LogP contribution in [0.2, 0.25) is 5.02 Å². The number of halogens is 1. The van der Waals surface area contributed by atoms with Gasteiger partial charge in [0.25, 0.3) is 0 Å². The van der Waals surface area contributed by atoms with Crippen LogP contribution in [0.3, 0.4) is 0 Å². The molecule has 0 aliphatic carbocycles. The van der Waals surface area contributed by atoms with Crippen LogP contribution >= 0.6 is 11.6 Å². The van der Waals surface area contributed by atoms with Gasteiger partial charge in [-0.2, -0.15) is 5.10 Å². The molecule has 2 rings (SSSR count). The maximum Gasteiger partial charge on any atom is 0.0696 e. The normalized spacial score (nSPS) is 10.7. The van der Waals surface area contributed by atoms with Crippen LogP contribution in [0.4, 0.5) is 0 Å². The van der Waals surface area contributed by atoms with Crippen LogP contribution in [0.15, 0.2) is 30.5 Å². The summed E-state index contributed by atoms with van der Waals surface area (Å²) >= 11 is 6.02. The van der Waals surface area contributed by atoms with Crippen molar-refractivity contribution in [3.05, 3.63) is 52.3 Å². The Balaban J connectivity index is 2.23. The van der Waals surface area contributed by atoms with Gasteiger partial charge in [0, 0.05) is 16.9 Å². The second-order valence-corrected chi connectivity index (χ2v) is 4.12. The number of aliphatic hydroxyl groups excluding tert-OH is 1. The summed E-state index contributed by atoms with van der Waals surface area (Å²) in [6, 6.07) is 7.63. The van der Waals surface area contributed by atoms with E-state index in [1.165, 1.54) is 0 Å². The molecule has 1 aromatic heterocycles. The van der Waals surface area contributed by atoms with Crippen molar-refractivity contribution in [1.29, 1.82) is 0 Å². The fraction of sp³-hybridized carbons (Fsp3) is 0.250. The van der Waals surface area contributed by atoms with Gasteiger partial charge in [0.05, 0.1) is 13.2 Å². The summed E-state index contributed by atoms with van der Waals surface area (Å²) in [7, 11) is 0. The first kappa shape index (κ1) is 11.2. The van der Waals surface area contributed by atoms with E-state index in [0.29, 0.717) is 11.6 Å². The molecule has 4 heteroatoms. The Morgan fingerprint density at radius 3 is 2.75 bits per heavy atom. The number of benzene rings is 1. The van der Waals surface area contributed by atoms with Crippen LogP contribution in [0.25, 0.3) is 0 Å². The van der Waals surface area contributed by atoms with E-state index >= 15 is 0 Å². The molecular weight excluding hydrogens is 224 g/mol. The predicted octanol–water partition coefficient (Wildman–Crippen LogP) is 2.39. The van der Waals surface area contributed by atoms with E-state index in [4.69, 9.17) is 16.7 Å². The van der Waals surface area contributed by atoms with Gasteiger partial charge in [0.2, 0.25) is 0 Å². The average molecular weight is 237 g/mol. The Morgan fingerprint density at radius 2 is 2.19 bits per heavy atom. The number of rotatable bonds is 3. The summed E-state index contributed by atoms with van der Waals surface area (Å²) in [5.74, 6) is 0. The molecule has 1 heterocycles. The SMILES string of the molecule is Cc1ccnn1Cc1ccc(CO)c(Cl)c1. The van der Waals surface area contributed by atoms with Crippen molar-refractivity contribution in [2.45, 2.75) is 20.1 Å². The maximum absolute atomic E-state index is 9.01. The molecule has 0 saturated carbocycles. The van der Waals surface area contributed by atoms with E-state index in [-0.39, 0.29) is 6.61 Å². The minimum atomic E-state index is -0.0279. The van der Waals surface area contributed by atoms with Crippen LogP contribution in [0.5, 0.6) is 0 Å². The minimum Gasteiger partial charge on any atom is -0.392 e. The van der Waals surface area contributed by atoms with Gasteiger partial charge in [0.15, 0.2) is 0 Å². The quantitative estimate of drug-likeness (QED) is 0.889. The Kier molecular flexibility index (Phi) is 3.27. The van der Waals surface area contributed by atoms with Gasteiger partial charge < -0.3 is 5.11 Å². The molecular formula is C12H13ClN2O. The Bertz CT molecular complexity index is 494. The van der Waals surface area contributed by atoms with Crippen molar-refractivity contribution in [2.75, 3.05) is 0 Å². The molecule has 0 unspecified atom stereocenters. The molecule has 0 spiro atoms. The highest BCUT2D eigenvalue weighted by Crippen LogP contribution is 2.18. The van der Waals surface area contributed by atoms with Gasteiger partial charge in [-0.25, -0.2) is 0 Å². The lowest BCUT2D eigenvalue weighted by Gasteiger charge is -2.07. The molecule has 0 radical (unpaired) electrons. The van der Waals surface area contributed by atoms with Crippen molar-refractivity contribution in [2.24, 2.45) is 0 Å². The van der Waals surface area contributed by atoms with Crippen LogP contribution in [-0.2, 0) is 13.2 Å². The van der Waals surface area contributed by atoms with Crippen molar-refractivity contribution < 1.29 is 5.11 Å². The molecule has 16 heavy (non-hydrogen) atoms. The highest BCUT2D eigenvalue weighted by Gasteiger charge is 2.03. The summed E-state index contributed by atoms with van der Waals surface area (Å²) in [4.78, 5) is 0. The fourth-order valence-electron chi connectivity index (χ4n) is 1.55. The Hall–Kier alpha value is -1.32. The molecule has 0 aliphatic heterocycles. The topological polar surface area (TPSA) is 38.0 Å². The smallest absolute Gasteiger partial charge is 0.0696 e. The Labute approximate surface area is 99.3 Å². The zero-order chi connectivity index (χ0) is 11.5. The summed E-state index contributed by atoms with van der Waals surface area (Å²) in [5, 5.41) is 13.8. The number of hydrogen-bond acceptors (Lipinski definition) is 2. The third-order valence-corrected chi connectivity index (χ3v) is 2.90. The van der Waals surface area contributed by atoms with Gasteiger partial charge in [-0.1, -0.05) is 23.7 Å². The first-order chi connectivity index (χ1) is 7.70. The van der Waals surface area contributed by atoms with Gasteiger partial charge in [-0.3, -0.25) is 4.68 Å². The molecule has 1 aromatic carbocycles. The molecule has 84 valence electrons. The third-order valence-electron chi connectivity index (χ3n) is 2.55. The highest BCUT2D eigenvalue weighted by molar-refractivity contribution is 6.31. The largest absolute Gasteiger partial charge is 0.392 e. The van der Waals surface area contributed by atoms with Gasteiger partial charge in [-0.05, 0) is 30.2 Å². The first-order valence-electron chi connectivity index (χ1n) is 5.07. The monoisotopic (exact) mass is 236 g/mol. The van der Waals surface area contributed by atoms with Crippen molar-refractivity contribution >= 4 is 11.6 Å². The molecule has 0 aliphatic rings. The molecule has 0 atom stereocenters. The standard InChI is InChI=1S/C12H13ClN2O/c1-9-4-5-14-15(9)7-10-2-3-11(8-16)12(13)6-10/h2-6,16H,7-8H2,1H3.